The van der Waals surface area contributed by atoms with Crippen molar-refractivity contribution in [1.29, 1.82) is 0 Å². The summed E-state index contributed by atoms with van der Waals surface area (Å²) in [5.74, 6) is -0.665. The van der Waals surface area contributed by atoms with Crippen LogP contribution in [-0.2, 0) is 9.53 Å². The van der Waals surface area contributed by atoms with Crippen LogP contribution in [0.3, 0.4) is 0 Å². The Bertz CT molecular complexity index is 839. The number of halogens is 1. The molecule has 7 heteroatoms. The highest BCUT2D eigenvalue weighted by molar-refractivity contribution is 9.10. The Morgan fingerprint density at radius 3 is 2.36 bits per heavy atom. The van der Waals surface area contributed by atoms with Crippen LogP contribution >= 0.6 is 15.9 Å². The number of methoxy groups -OCH3 is 1. The molecule has 0 heterocycles. The van der Waals surface area contributed by atoms with Gasteiger partial charge in [-0.15, -0.1) is 0 Å². The largest absolute Gasteiger partial charge is 0.469 e. The molecule has 0 saturated heterocycles. The van der Waals surface area contributed by atoms with E-state index >= 15 is 0 Å². The molecule has 2 rings (SSSR count). The van der Waals surface area contributed by atoms with Crippen molar-refractivity contribution < 1.29 is 19.1 Å². The molecule has 28 heavy (non-hydrogen) atoms. The lowest BCUT2D eigenvalue weighted by Gasteiger charge is -2.09. The maximum Gasteiger partial charge on any atom is 0.305 e. The lowest BCUT2D eigenvalue weighted by atomic mass is 10.1. The number of hydrogen-bond donors (Lipinski definition) is 2. The maximum absolute atomic E-state index is 12.3. The van der Waals surface area contributed by atoms with Gasteiger partial charge in [0.1, 0.15) is 0 Å². The van der Waals surface area contributed by atoms with E-state index in [4.69, 9.17) is 0 Å². The number of unbranched alkanes of at least 4 members (excludes halogenated alkanes) is 2. The molecule has 0 atom stereocenters. The van der Waals surface area contributed by atoms with Crippen LogP contribution in [0.1, 0.15) is 46.4 Å². The summed E-state index contributed by atoms with van der Waals surface area (Å²) in [4.78, 5) is 35.6. The van der Waals surface area contributed by atoms with Gasteiger partial charge in [-0.05, 0) is 49.2 Å². The number of hydrogen-bond acceptors (Lipinski definition) is 4. The summed E-state index contributed by atoms with van der Waals surface area (Å²) >= 11 is 3.34. The Morgan fingerprint density at radius 1 is 0.929 bits per heavy atom. The predicted octanol–water partition coefficient (Wildman–Crippen LogP) is 4.16. The zero-order chi connectivity index (χ0) is 20.4. The first kappa shape index (κ1) is 21.6. The molecule has 0 aliphatic heterocycles. The van der Waals surface area contributed by atoms with E-state index in [1.807, 2.05) is 6.07 Å². The average molecular weight is 447 g/mol. The summed E-state index contributed by atoms with van der Waals surface area (Å²) in [5, 5.41) is 5.64. The lowest BCUT2D eigenvalue weighted by molar-refractivity contribution is -0.140. The molecule has 2 N–H and O–H groups in total. The van der Waals surface area contributed by atoms with Gasteiger partial charge in [-0.2, -0.15) is 0 Å². The molecule has 0 unspecified atom stereocenters. The second-order valence-electron chi connectivity index (χ2n) is 6.19. The van der Waals surface area contributed by atoms with Gasteiger partial charge in [-0.1, -0.05) is 34.5 Å². The summed E-state index contributed by atoms with van der Waals surface area (Å²) < 4.78 is 5.40. The summed E-state index contributed by atoms with van der Waals surface area (Å²) in [5.41, 5.74) is 1.55. The van der Waals surface area contributed by atoms with Crippen LogP contribution in [0.2, 0.25) is 0 Å². The van der Waals surface area contributed by atoms with Crippen molar-refractivity contribution in [2.75, 3.05) is 19.0 Å². The smallest absolute Gasteiger partial charge is 0.305 e. The molecular weight excluding hydrogens is 424 g/mol. The number of esters is 1. The molecule has 0 aromatic heterocycles. The van der Waals surface area contributed by atoms with Gasteiger partial charge >= 0.3 is 5.97 Å². The Kier molecular flexibility index (Phi) is 8.68. The quantitative estimate of drug-likeness (QED) is 0.447. The molecule has 2 aromatic rings. The molecule has 0 spiro atoms. The summed E-state index contributed by atoms with van der Waals surface area (Å²) in [6, 6.07) is 13.9. The summed E-state index contributed by atoms with van der Waals surface area (Å²) in [6.07, 6.45) is 2.74. The van der Waals surface area contributed by atoms with Crippen molar-refractivity contribution in [3.63, 3.8) is 0 Å². The van der Waals surface area contributed by atoms with E-state index in [1.165, 1.54) is 7.11 Å². The first-order valence-corrected chi connectivity index (χ1v) is 9.81. The molecular formula is C21H23BrN2O4. The molecule has 148 valence electrons. The van der Waals surface area contributed by atoms with Crippen LogP contribution in [-0.4, -0.2) is 31.4 Å². The van der Waals surface area contributed by atoms with Crippen molar-refractivity contribution >= 4 is 39.4 Å². The van der Waals surface area contributed by atoms with Crippen LogP contribution in [0.15, 0.2) is 53.0 Å². The molecule has 0 radical (unpaired) electrons. The third kappa shape index (κ3) is 7.15. The van der Waals surface area contributed by atoms with Crippen LogP contribution < -0.4 is 10.6 Å². The van der Waals surface area contributed by atoms with Gasteiger partial charge in [-0.3, -0.25) is 14.4 Å². The van der Waals surface area contributed by atoms with E-state index < -0.39 is 0 Å². The van der Waals surface area contributed by atoms with Crippen molar-refractivity contribution in [3.05, 3.63) is 64.1 Å². The fourth-order valence-electron chi connectivity index (χ4n) is 2.55. The molecule has 0 aliphatic rings. The van der Waals surface area contributed by atoms with Crippen molar-refractivity contribution in [2.24, 2.45) is 0 Å². The Morgan fingerprint density at radius 2 is 1.64 bits per heavy atom. The SMILES string of the molecule is COC(=O)CCCCCNC(=O)c1cccc(NC(=O)c2cccc(Br)c2)c1. The van der Waals surface area contributed by atoms with Crippen LogP contribution in [0.4, 0.5) is 5.69 Å². The molecule has 0 saturated carbocycles. The van der Waals surface area contributed by atoms with Gasteiger partial charge < -0.3 is 15.4 Å². The van der Waals surface area contributed by atoms with Crippen LogP contribution in [0.25, 0.3) is 0 Å². The normalized spacial score (nSPS) is 10.2. The lowest BCUT2D eigenvalue weighted by Crippen LogP contribution is -2.24. The third-order valence-electron chi connectivity index (χ3n) is 4.04. The highest BCUT2D eigenvalue weighted by Gasteiger charge is 2.09. The van der Waals surface area contributed by atoms with Crippen molar-refractivity contribution in [3.8, 4) is 0 Å². The number of carbonyl (C=O) groups excluding carboxylic acids is 3. The molecule has 2 aromatic carbocycles. The second-order valence-corrected chi connectivity index (χ2v) is 7.10. The van der Waals surface area contributed by atoms with E-state index in [2.05, 4.69) is 31.3 Å². The average Bonchev–Trinajstić information content (AvgIpc) is 2.70. The number of anilines is 1. The standard InChI is InChI=1S/C21H23BrN2O4/c1-28-19(25)11-3-2-4-12-23-20(26)16-8-6-10-18(14-16)24-21(27)15-7-5-9-17(22)13-15/h5-10,13-14H,2-4,11-12H2,1H3,(H,23,26)(H,24,27). The molecule has 6 nitrogen and oxygen atoms in total. The van der Waals surface area contributed by atoms with Gasteiger partial charge in [-0.25, -0.2) is 0 Å². The van der Waals surface area contributed by atoms with Crippen LogP contribution in [0.5, 0.6) is 0 Å². The van der Waals surface area contributed by atoms with Gasteiger partial charge in [0.05, 0.1) is 7.11 Å². The second kappa shape index (κ2) is 11.2. The summed E-state index contributed by atoms with van der Waals surface area (Å²) in [7, 11) is 1.37. The fourth-order valence-corrected chi connectivity index (χ4v) is 2.95. The number of amides is 2. The van der Waals surface area contributed by atoms with Crippen molar-refractivity contribution in [2.45, 2.75) is 25.7 Å². The Balaban J connectivity index is 1.82. The van der Waals surface area contributed by atoms with E-state index in [-0.39, 0.29) is 17.8 Å². The molecule has 0 aliphatic carbocycles. The highest BCUT2D eigenvalue weighted by Crippen LogP contribution is 2.15. The van der Waals surface area contributed by atoms with Gasteiger partial charge in [0.15, 0.2) is 0 Å². The number of nitrogens with one attached hydrogen (secondary N) is 2. The number of ether oxygens (including phenoxy) is 1. The van der Waals surface area contributed by atoms with E-state index in [9.17, 15) is 14.4 Å². The van der Waals surface area contributed by atoms with Gasteiger partial charge in [0, 0.05) is 34.3 Å². The third-order valence-corrected chi connectivity index (χ3v) is 4.53. The minimum absolute atomic E-state index is 0.202. The topological polar surface area (TPSA) is 84.5 Å². The zero-order valence-corrected chi connectivity index (χ0v) is 17.3. The number of benzene rings is 2. The monoisotopic (exact) mass is 446 g/mol. The highest BCUT2D eigenvalue weighted by atomic mass is 79.9. The molecule has 2 amide bonds. The van der Waals surface area contributed by atoms with Crippen molar-refractivity contribution in [1.82, 2.24) is 5.32 Å². The van der Waals surface area contributed by atoms with E-state index in [0.717, 1.165) is 23.7 Å². The minimum Gasteiger partial charge on any atom is -0.469 e. The van der Waals surface area contributed by atoms with Gasteiger partial charge in [0.2, 0.25) is 0 Å². The predicted molar refractivity (Wildman–Crippen MR) is 111 cm³/mol. The summed E-state index contributed by atoms with van der Waals surface area (Å²) in [6.45, 7) is 0.522. The first-order chi connectivity index (χ1) is 13.5. The van der Waals surface area contributed by atoms with Crippen LogP contribution in [0, 0.1) is 0 Å². The molecule has 0 fully saturated rings. The van der Waals surface area contributed by atoms with Gasteiger partial charge in [0.25, 0.3) is 11.8 Å². The zero-order valence-electron chi connectivity index (χ0n) is 15.7. The number of rotatable bonds is 9. The fraction of sp³-hybridized carbons (Fsp3) is 0.286. The Labute approximate surface area is 172 Å². The number of carbonyl (C=O) groups is 3. The maximum atomic E-state index is 12.3. The van der Waals surface area contributed by atoms with E-state index in [0.29, 0.717) is 29.8 Å². The van der Waals surface area contributed by atoms with E-state index in [1.54, 1.807) is 42.5 Å². The minimum atomic E-state index is -0.246. The first-order valence-electron chi connectivity index (χ1n) is 9.01. The molecule has 0 bridgehead atoms. The Hall–Kier alpha value is -2.67.